The summed E-state index contributed by atoms with van der Waals surface area (Å²) in [5.74, 6) is 0. The molecular weight excluding hydrogens is 380 g/mol. The van der Waals surface area contributed by atoms with Crippen LogP contribution >= 0.6 is 11.3 Å². The molecule has 1 aliphatic rings. The zero-order valence-electron chi connectivity index (χ0n) is 16.7. The summed E-state index contributed by atoms with van der Waals surface area (Å²) in [7, 11) is 4.14. The van der Waals surface area contributed by atoms with Crippen LogP contribution < -0.4 is 10.2 Å². The molecule has 1 saturated heterocycles. The number of hydrogen-bond donors (Lipinski definition) is 1. The van der Waals surface area contributed by atoms with Crippen molar-refractivity contribution in [1.82, 2.24) is 19.7 Å². The molecule has 6 nitrogen and oxygen atoms in total. The molecule has 1 fully saturated rings. The molecule has 5 rings (SSSR count). The molecule has 2 aromatic carbocycles. The van der Waals surface area contributed by atoms with Crippen molar-refractivity contribution in [2.75, 3.05) is 43.4 Å². The van der Waals surface area contributed by atoms with Crippen molar-refractivity contribution in [3.05, 3.63) is 54.0 Å². The number of nitrogens with zero attached hydrogens (tertiary/aromatic N) is 5. The van der Waals surface area contributed by atoms with E-state index in [-0.39, 0.29) is 0 Å². The molecule has 0 bridgehead atoms. The predicted octanol–water partition coefficient (Wildman–Crippen LogP) is 4.19. The maximum absolute atomic E-state index is 4.78. The molecule has 1 N–H and O–H groups in total. The van der Waals surface area contributed by atoms with Gasteiger partial charge in [0.2, 0.25) is 0 Å². The van der Waals surface area contributed by atoms with Crippen LogP contribution in [0.2, 0.25) is 0 Å². The fraction of sp³-hybridized carbons (Fsp3) is 0.273. The van der Waals surface area contributed by atoms with Crippen molar-refractivity contribution >= 4 is 38.7 Å². The second-order valence-corrected chi connectivity index (χ2v) is 8.40. The highest BCUT2D eigenvalue weighted by atomic mass is 32.1. The Morgan fingerprint density at radius 3 is 2.55 bits per heavy atom. The quantitative estimate of drug-likeness (QED) is 0.553. The zero-order chi connectivity index (χ0) is 19.8. The minimum atomic E-state index is 0.895. The number of anilines is 3. The van der Waals surface area contributed by atoms with Crippen molar-refractivity contribution in [3.8, 4) is 11.3 Å². The van der Waals surface area contributed by atoms with Gasteiger partial charge in [-0.1, -0.05) is 12.1 Å². The lowest BCUT2D eigenvalue weighted by Crippen LogP contribution is -2.44. The fourth-order valence-electron chi connectivity index (χ4n) is 3.74. The van der Waals surface area contributed by atoms with E-state index in [0.717, 1.165) is 59.2 Å². The second-order valence-electron chi connectivity index (χ2n) is 7.54. The van der Waals surface area contributed by atoms with Gasteiger partial charge in [-0.05, 0) is 37.4 Å². The highest BCUT2D eigenvalue weighted by molar-refractivity contribution is 7.14. The van der Waals surface area contributed by atoms with Gasteiger partial charge in [0.1, 0.15) is 0 Å². The van der Waals surface area contributed by atoms with Gasteiger partial charge in [0.05, 0.1) is 17.4 Å². The summed E-state index contributed by atoms with van der Waals surface area (Å²) in [6, 6.07) is 15.0. The fourth-order valence-corrected chi connectivity index (χ4v) is 4.48. The molecule has 0 radical (unpaired) electrons. The van der Waals surface area contributed by atoms with E-state index < -0.39 is 0 Å². The first kappa shape index (κ1) is 18.1. The molecule has 0 aliphatic carbocycles. The smallest absolute Gasteiger partial charge is 0.187 e. The maximum Gasteiger partial charge on any atom is 0.187 e. The lowest BCUT2D eigenvalue weighted by molar-refractivity contribution is 0.313. The number of aromatic nitrogens is 3. The van der Waals surface area contributed by atoms with E-state index in [9.17, 15) is 0 Å². The first-order valence-electron chi connectivity index (χ1n) is 9.84. The molecule has 0 amide bonds. The van der Waals surface area contributed by atoms with Gasteiger partial charge < -0.3 is 15.1 Å². The van der Waals surface area contributed by atoms with E-state index in [1.165, 1.54) is 5.69 Å². The van der Waals surface area contributed by atoms with Crippen LogP contribution in [0, 0.1) is 0 Å². The molecule has 3 heterocycles. The molecule has 0 saturated carbocycles. The monoisotopic (exact) mass is 404 g/mol. The van der Waals surface area contributed by atoms with Crippen LogP contribution in [0.4, 0.5) is 16.5 Å². The summed E-state index contributed by atoms with van der Waals surface area (Å²) in [4.78, 5) is 9.61. The van der Waals surface area contributed by atoms with Crippen molar-refractivity contribution in [1.29, 1.82) is 0 Å². The number of thiazole rings is 1. The van der Waals surface area contributed by atoms with Crippen molar-refractivity contribution < 1.29 is 0 Å². The average molecular weight is 405 g/mol. The third kappa shape index (κ3) is 3.71. The topological polar surface area (TPSA) is 49.2 Å². The minimum Gasteiger partial charge on any atom is -0.369 e. The Kier molecular flexibility index (Phi) is 4.69. The predicted molar refractivity (Wildman–Crippen MR) is 121 cm³/mol. The van der Waals surface area contributed by atoms with Crippen LogP contribution in [0.3, 0.4) is 0 Å². The largest absolute Gasteiger partial charge is 0.369 e. The van der Waals surface area contributed by atoms with Crippen LogP contribution in [-0.4, -0.2) is 52.9 Å². The Labute approximate surface area is 174 Å². The molecule has 148 valence electrons. The maximum atomic E-state index is 4.78. The number of aryl methyl sites for hydroxylation is 1. The molecule has 4 aromatic rings. The summed E-state index contributed by atoms with van der Waals surface area (Å²) in [6.07, 6.45) is 1.88. The highest BCUT2D eigenvalue weighted by Gasteiger charge is 2.14. The van der Waals surface area contributed by atoms with Gasteiger partial charge in [0.25, 0.3) is 0 Å². The number of nitrogens with one attached hydrogen (secondary N) is 1. The van der Waals surface area contributed by atoms with E-state index in [4.69, 9.17) is 4.98 Å². The molecule has 2 aromatic heterocycles. The Hall–Kier alpha value is -2.90. The van der Waals surface area contributed by atoms with Crippen molar-refractivity contribution in [3.63, 3.8) is 0 Å². The molecule has 7 heteroatoms. The Morgan fingerprint density at radius 2 is 1.76 bits per heavy atom. The van der Waals surface area contributed by atoms with E-state index >= 15 is 0 Å². The van der Waals surface area contributed by atoms with Gasteiger partial charge in [-0.25, -0.2) is 4.98 Å². The zero-order valence-corrected chi connectivity index (χ0v) is 17.5. The number of likely N-dealkylation sites (N-methyl/N-ethyl adjacent to an activating group) is 1. The molecule has 1 aliphatic heterocycles. The van der Waals surface area contributed by atoms with Crippen LogP contribution in [0.15, 0.2) is 54.0 Å². The van der Waals surface area contributed by atoms with Gasteiger partial charge in [0.15, 0.2) is 5.13 Å². The van der Waals surface area contributed by atoms with Crippen molar-refractivity contribution in [2.45, 2.75) is 0 Å². The van der Waals surface area contributed by atoms with Crippen LogP contribution in [0.5, 0.6) is 0 Å². The molecule has 0 unspecified atom stereocenters. The third-order valence-electron chi connectivity index (χ3n) is 5.53. The number of piperazine rings is 1. The van der Waals surface area contributed by atoms with E-state index in [1.807, 2.05) is 17.9 Å². The number of fused-ring (bicyclic) bond motifs is 1. The van der Waals surface area contributed by atoms with Gasteiger partial charge in [0, 0.05) is 60.9 Å². The lowest BCUT2D eigenvalue weighted by atomic mass is 10.1. The van der Waals surface area contributed by atoms with E-state index in [1.54, 1.807) is 11.3 Å². The number of benzene rings is 2. The highest BCUT2D eigenvalue weighted by Crippen LogP contribution is 2.29. The summed E-state index contributed by atoms with van der Waals surface area (Å²) in [5, 5.41) is 11.8. The lowest BCUT2D eigenvalue weighted by Gasteiger charge is -2.34. The van der Waals surface area contributed by atoms with Gasteiger partial charge in [-0.2, -0.15) is 5.10 Å². The number of hydrogen-bond acceptors (Lipinski definition) is 6. The number of rotatable bonds is 4. The summed E-state index contributed by atoms with van der Waals surface area (Å²) >= 11 is 1.62. The van der Waals surface area contributed by atoms with E-state index in [2.05, 4.69) is 75.1 Å². The first-order chi connectivity index (χ1) is 14.2. The Balaban J connectivity index is 1.30. The molecule has 0 atom stereocenters. The normalized spacial score (nSPS) is 15.2. The Bertz CT molecular complexity index is 1120. The summed E-state index contributed by atoms with van der Waals surface area (Å²) in [5.41, 5.74) is 5.59. The van der Waals surface area contributed by atoms with Crippen LogP contribution in [-0.2, 0) is 7.05 Å². The van der Waals surface area contributed by atoms with Crippen LogP contribution in [0.1, 0.15) is 0 Å². The van der Waals surface area contributed by atoms with Gasteiger partial charge in [-0.15, -0.1) is 11.3 Å². The standard InChI is InChI=1S/C22H24N6S/c1-26-9-11-28(12-10-26)19-6-3-16(4-7-19)20-15-29-22(25-20)24-18-5-8-21-17(13-18)14-23-27(21)2/h3-8,13-15H,9-12H2,1-2H3,(H,24,25). The molecule has 0 spiro atoms. The SMILES string of the molecule is CN1CCN(c2ccc(-c3csc(Nc4ccc5c(cnn5C)c4)n3)cc2)CC1. The van der Waals surface area contributed by atoms with E-state index in [0.29, 0.717) is 0 Å². The summed E-state index contributed by atoms with van der Waals surface area (Å²) < 4.78 is 1.88. The van der Waals surface area contributed by atoms with Crippen LogP contribution in [0.25, 0.3) is 22.2 Å². The minimum absolute atomic E-state index is 0.895. The molecular formula is C22H24N6S. The second kappa shape index (κ2) is 7.50. The summed E-state index contributed by atoms with van der Waals surface area (Å²) in [6.45, 7) is 4.41. The first-order valence-corrected chi connectivity index (χ1v) is 10.7. The third-order valence-corrected chi connectivity index (χ3v) is 6.29. The van der Waals surface area contributed by atoms with Crippen molar-refractivity contribution in [2.24, 2.45) is 7.05 Å². The average Bonchev–Trinajstić information content (AvgIpc) is 3.36. The van der Waals surface area contributed by atoms with Gasteiger partial charge in [-0.3, -0.25) is 4.68 Å². The van der Waals surface area contributed by atoms with Gasteiger partial charge >= 0.3 is 0 Å². The Morgan fingerprint density at radius 1 is 0.966 bits per heavy atom. The molecule has 29 heavy (non-hydrogen) atoms.